The summed E-state index contributed by atoms with van der Waals surface area (Å²) in [6.45, 7) is 3.86. The first kappa shape index (κ1) is 14.5. The highest BCUT2D eigenvalue weighted by molar-refractivity contribution is 5.93. The van der Waals surface area contributed by atoms with E-state index in [9.17, 15) is 14.9 Å². The quantitative estimate of drug-likeness (QED) is 0.641. The van der Waals surface area contributed by atoms with Crippen molar-refractivity contribution in [3.63, 3.8) is 0 Å². The summed E-state index contributed by atoms with van der Waals surface area (Å²) in [5, 5.41) is 22.7. The van der Waals surface area contributed by atoms with Gasteiger partial charge in [0, 0.05) is 11.8 Å². The van der Waals surface area contributed by atoms with Gasteiger partial charge in [0.15, 0.2) is 0 Å². The lowest BCUT2D eigenvalue weighted by Crippen LogP contribution is -2.05. The number of nitrogens with one attached hydrogen (secondary N) is 1. The number of carboxylic acid groups (broad SMARTS) is 1. The van der Waals surface area contributed by atoms with Gasteiger partial charge in [-0.05, 0) is 26.0 Å². The molecule has 0 atom stereocenters. The zero-order valence-corrected chi connectivity index (χ0v) is 11.4. The Labute approximate surface area is 119 Å². The number of carbonyl (C=O) groups is 1. The van der Waals surface area contributed by atoms with Crippen molar-refractivity contribution in [1.29, 1.82) is 0 Å². The third kappa shape index (κ3) is 3.16. The number of oxazole rings is 1. The molecule has 0 aliphatic carbocycles. The van der Waals surface area contributed by atoms with Crippen LogP contribution >= 0.6 is 0 Å². The van der Waals surface area contributed by atoms with Crippen LogP contribution in [0, 0.1) is 24.0 Å². The molecular formula is C13H13N3O5. The van der Waals surface area contributed by atoms with E-state index in [4.69, 9.17) is 9.52 Å². The molecule has 8 heteroatoms. The number of benzene rings is 1. The fraction of sp³-hybridized carbons (Fsp3) is 0.231. The van der Waals surface area contributed by atoms with Gasteiger partial charge in [0.25, 0.3) is 5.69 Å². The second kappa shape index (κ2) is 5.61. The van der Waals surface area contributed by atoms with Crippen LogP contribution in [0.5, 0.6) is 0 Å². The van der Waals surface area contributed by atoms with E-state index in [-0.39, 0.29) is 12.1 Å². The fourth-order valence-corrected chi connectivity index (χ4v) is 1.77. The Balaban J connectivity index is 2.19. The molecule has 8 nitrogen and oxygen atoms in total. The van der Waals surface area contributed by atoms with Crippen molar-refractivity contribution in [3.05, 3.63) is 51.2 Å². The van der Waals surface area contributed by atoms with E-state index >= 15 is 0 Å². The van der Waals surface area contributed by atoms with Crippen LogP contribution in [0.2, 0.25) is 0 Å². The molecule has 2 N–H and O–H groups in total. The molecule has 0 saturated heterocycles. The number of aromatic nitrogens is 1. The van der Waals surface area contributed by atoms with Crippen LogP contribution in [0.4, 0.5) is 11.4 Å². The number of carboxylic acids is 1. The second-order valence-corrected chi connectivity index (χ2v) is 4.40. The number of anilines is 1. The van der Waals surface area contributed by atoms with E-state index in [1.54, 1.807) is 6.92 Å². The lowest BCUT2D eigenvalue weighted by Gasteiger charge is -2.05. The summed E-state index contributed by atoms with van der Waals surface area (Å²) in [5.74, 6) is -0.185. The van der Waals surface area contributed by atoms with Crippen molar-refractivity contribution < 1.29 is 19.2 Å². The Hall–Kier alpha value is -2.90. The van der Waals surface area contributed by atoms with Gasteiger partial charge < -0.3 is 14.8 Å². The molecule has 0 bridgehead atoms. The zero-order chi connectivity index (χ0) is 15.6. The first-order chi connectivity index (χ1) is 9.88. The van der Waals surface area contributed by atoms with Crippen molar-refractivity contribution in [3.8, 4) is 0 Å². The van der Waals surface area contributed by atoms with E-state index < -0.39 is 16.6 Å². The van der Waals surface area contributed by atoms with Gasteiger partial charge in [0.1, 0.15) is 11.3 Å². The van der Waals surface area contributed by atoms with Crippen molar-refractivity contribution in [2.45, 2.75) is 20.4 Å². The Morgan fingerprint density at radius 1 is 1.48 bits per heavy atom. The maximum atomic E-state index is 11.0. The third-order valence-electron chi connectivity index (χ3n) is 2.94. The van der Waals surface area contributed by atoms with Gasteiger partial charge in [-0.3, -0.25) is 10.1 Å². The molecule has 0 unspecified atom stereocenters. The summed E-state index contributed by atoms with van der Waals surface area (Å²) in [7, 11) is 0. The van der Waals surface area contributed by atoms with Gasteiger partial charge in [-0.15, -0.1) is 0 Å². The molecule has 2 aromatic rings. The van der Waals surface area contributed by atoms with Gasteiger partial charge in [-0.25, -0.2) is 9.78 Å². The second-order valence-electron chi connectivity index (χ2n) is 4.40. The molecule has 1 aromatic heterocycles. The minimum absolute atomic E-state index is 0.256. The Kier molecular flexibility index (Phi) is 3.88. The molecule has 110 valence electrons. The molecule has 1 aromatic carbocycles. The molecule has 0 amide bonds. The van der Waals surface area contributed by atoms with Crippen LogP contribution in [0.1, 0.15) is 27.7 Å². The number of aryl methyl sites for hydroxylation is 2. The minimum Gasteiger partial charge on any atom is -0.477 e. The Morgan fingerprint density at radius 3 is 2.71 bits per heavy atom. The lowest BCUT2D eigenvalue weighted by molar-refractivity contribution is -0.385. The molecule has 2 rings (SSSR count). The number of nitro benzene ring substituents is 1. The third-order valence-corrected chi connectivity index (χ3v) is 2.94. The maximum absolute atomic E-state index is 11.0. The molecule has 21 heavy (non-hydrogen) atoms. The summed E-state index contributed by atoms with van der Waals surface area (Å²) in [5.41, 5.74) is 0.397. The smallest absolute Gasteiger partial charge is 0.342 e. The van der Waals surface area contributed by atoms with Crippen LogP contribution in [-0.2, 0) is 6.54 Å². The van der Waals surface area contributed by atoms with Gasteiger partial charge in [0.05, 0.1) is 17.2 Å². The molecular weight excluding hydrogens is 278 g/mol. The predicted octanol–water partition coefficient (Wildman–Crippen LogP) is 2.51. The van der Waals surface area contributed by atoms with E-state index in [1.165, 1.54) is 12.1 Å². The average molecular weight is 291 g/mol. The molecule has 0 radical (unpaired) electrons. The molecule has 0 spiro atoms. The summed E-state index contributed by atoms with van der Waals surface area (Å²) in [6.07, 6.45) is 0. The van der Waals surface area contributed by atoms with Gasteiger partial charge in [-0.1, -0.05) is 0 Å². The molecule has 0 aliphatic rings. The predicted molar refractivity (Wildman–Crippen MR) is 73.4 cm³/mol. The number of aromatic carboxylic acids is 1. The van der Waals surface area contributed by atoms with E-state index in [2.05, 4.69) is 10.3 Å². The topological polar surface area (TPSA) is 118 Å². The van der Waals surface area contributed by atoms with Gasteiger partial charge >= 0.3 is 5.97 Å². The molecule has 0 saturated carbocycles. The van der Waals surface area contributed by atoms with Crippen molar-refractivity contribution in [1.82, 2.24) is 4.98 Å². The van der Waals surface area contributed by atoms with Crippen LogP contribution in [0.3, 0.4) is 0 Å². The van der Waals surface area contributed by atoms with Crippen LogP contribution in [0.15, 0.2) is 22.6 Å². The largest absolute Gasteiger partial charge is 0.477 e. The highest BCUT2D eigenvalue weighted by atomic mass is 16.6. The Bertz CT molecular complexity index is 688. The Morgan fingerprint density at radius 2 is 2.19 bits per heavy atom. The van der Waals surface area contributed by atoms with E-state index in [0.717, 1.165) is 11.8 Å². The molecule has 1 heterocycles. The number of nitrogens with zero attached hydrogens (tertiary/aromatic N) is 2. The molecule has 0 fully saturated rings. The zero-order valence-electron chi connectivity index (χ0n) is 11.4. The SMILES string of the molecule is Cc1nc(CNc2ccc([N+](=O)[O-])c(C(=O)O)c2)oc1C. The first-order valence-corrected chi connectivity index (χ1v) is 6.07. The van der Waals surface area contributed by atoms with Crippen molar-refractivity contribution in [2.24, 2.45) is 0 Å². The number of nitro groups is 1. The van der Waals surface area contributed by atoms with Crippen LogP contribution in [0.25, 0.3) is 0 Å². The van der Waals surface area contributed by atoms with Crippen molar-refractivity contribution >= 4 is 17.3 Å². The highest BCUT2D eigenvalue weighted by Gasteiger charge is 2.20. The fourth-order valence-electron chi connectivity index (χ4n) is 1.77. The normalized spacial score (nSPS) is 10.4. The summed E-state index contributed by atoms with van der Waals surface area (Å²) < 4.78 is 5.38. The van der Waals surface area contributed by atoms with E-state index in [1.807, 2.05) is 6.92 Å². The van der Waals surface area contributed by atoms with Gasteiger partial charge in [-0.2, -0.15) is 0 Å². The summed E-state index contributed by atoms with van der Waals surface area (Å²) in [6, 6.07) is 3.80. The minimum atomic E-state index is -1.35. The van der Waals surface area contributed by atoms with Gasteiger partial charge in [0.2, 0.25) is 5.89 Å². The van der Waals surface area contributed by atoms with Crippen molar-refractivity contribution in [2.75, 3.05) is 5.32 Å². The first-order valence-electron chi connectivity index (χ1n) is 6.07. The standard InChI is InChI=1S/C13H13N3O5/c1-7-8(2)21-12(15-7)6-14-9-3-4-11(16(19)20)10(5-9)13(17)18/h3-5,14H,6H2,1-2H3,(H,17,18). The lowest BCUT2D eigenvalue weighted by atomic mass is 10.1. The van der Waals surface area contributed by atoms with Crippen LogP contribution in [-0.4, -0.2) is 21.0 Å². The maximum Gasteiger partial charge on any atom is 0.342 e. The van der Waals surface area contributed by atoms with Crippen LogP contribution < -0.4 is 5.32 Å². The summed E-state index contributed by atoms with van der Waals surface area (Å²) >= 11 is 0. The monoisotopic (exact) mass is 291 g/mol. The molecule has 0 aliphatic heterocycles. The highest BCUT2D eigenvalue weighted by Crippen LogP contribution is 2.23. The number of hydrogen-bond acceptors (Lipinski definition) is 6. The van der Waals surface area contributed by atoms with E-state index in [0.29, 0.717) is 17.3 Å². The number of hydrogen-bond donors (Lipinski definition) is 2. The average Bonchev–Trinajstić information content (AvgIpc) is 2.75. The summed E-state index contributed by atoms with van der Waals surface area (Å²) in [4.78, 5) is 25.2. The number of rotatable bonds is 5.